The molecule has 1 saturated heterocycles. The van der Waals surface area contributed by atoms with Crippen LogP contribution in [0, 0.1) is 23.0 Å². The maximum absolute atomic E-state index is 15.9. The second kappa shape index (κ2) is 7.90. The molecule has 2 fully saturated rings. The highest BCUT2D eigenvalue weighted by molar-refractivity contribution is 6.00. The van der Waals surface area contributed by atoms with Gasteiger partial charge in [-0.3, -0.25) is 9.59 Å². The fourth-order valence-corrected chi connectivity index (χ4v) is 4.94. The lowest BCUT2D eigenvalue weighted by Crippen LogP contribution is -2.29. The zero-order chi connectivity index (χ0) is 23.5. The standard InChI is InChI=1S/C24H28F2N4O3/c1-24(2)9-17-19(18(31)10-24)16(7-12-3-4-12)29-30(17)22-15(25)8-14(23(27)32)21(20(22)26)28-13-5-6-33-11-13/h8,12-13,28H,3-7,9-11H2,1-2H3,(H2,27,32)/t13-/m1/s1. The maximum atomic E-state index is 15.9. The molecule has 0 unspecified atom stereocenters. The number of primary amides is 1. The predicted octanol–water partition coefficient (Wildman–Crippen LogP) is 3.56. The summed E-state index contributed by atoms with van der Waals surface area (Å²) >= 11 is 0. The van der Waals surface area contributed by atoms with E-state index >= 15 is 8.78 Å². The largest absolute Gasteiger partial charge is 0.379 e. The van der Waals surface area contributed by atoms with Crippen molar-refractivity contribution >= 4 is 17.4 Å². The average Bonchev–Trinajstić information content (AvgIpc) is 3.25. The van der Waals surface area contributed by atoms with E-state index in [4.69, 9.17) is 10.5 Å². The van der Waals surface area contributed by atoms with Gasteiger partial charge in [-0.25, -0.2) is 13.5 Å². The minimum atomic E-state index is -0.950. The molecule has 0 radical (unpaired) electrons. The van der Waals surface area contributed by atoms with Crippen LogP contribution in [0.2, 0.25) is 0 Å². The number of ether oxygens (including phenoxy) is 1. The number of ketones is 1. The first kappa shape index (κ1) is 22.0. The molecule has 1 saturated carbocycles. The highest BCUT2D eigenvalue weighted by atomic mass is 19.1. The topological polar surface area (TPSA) is 99.2 Å². The van der Waals surface area contributed by atoms with Gasteiger partial charge in [0.1, 0.15) is 5.69 Å². The zero-order valence-electron chi connectivity index (χ0n) is 18.8. The van der Waals surface area contributed by atoms with Crippen molar-refractivity contribution in [2.45, 2.75) is 58.4 Å². The first-order valence-electron chi connectivity index (χ1n) is 11.4. The number of anilines is 1. The van der Waals surface area contributed by atoms with Crippen LogP contribution in [0.25, 0.3) is 5.69 Å². The summed E-state index contributed by atoms with van der Waals surface area (Å²) in [5.41, 5.74) is 5.87. The van der Waals surface area contributed by atoms with Gasteiger partial charge < -0.3 is 15.8 Å². The quantitative estimate of drug-likeness (QED) is 0.690. The second-order valence-corrected chi connectivity index (χ2v) is 10.3. The van der Waals surface area contributed by atoms with Crippen LogP contribution in [0.4, 0.5) is 14.5 Å². The van der Waals surface area contributed by atoms with Gasteiger partial charge in [0, 0.05) is 13.0 Å². The highest BCUT2D eigenvalue weighted by Crippen LogP contribution is 2.41. The van der Waals surface area contributed by atoms with Crippen molar-refractivity contribution in [3.8, 4) is 5.69 Å². The molecule has 0 bridgehead atoms. The molecule has 5 rings (SSSR count). The van der Waals surface area contributed by atoms with Crippen molar-refractivity contribution < 1.29 is 23.1 Å². The van der Waals surface area contributed by atoms with E-state index in [1.165, 1.54) is 4.68 Å². The van der Waals surface area contributed by atoms with Gasteiger partial charge in [-0.1, -0.05) is 13.8 Å². The molecule has 2 aliphatic carbocycles. The number of nitrogens with zero attached hydrogens (tertiary/aromatic N) is 2. The molecule has 176 valence electrons. The van der Waals surface area contributed by atoms with E-state index < -0.39 is 23.2 Å². The number of fused-ring (bicyclic) bond motifs is 1. The van der Waals surface area contributed by atoms with Crippen LogP contribution in [0.1, 0.15) is 71.6 Å². The highest BCUT2D eigenvalue weighted by Gasteiger charge is 2.39. The predicted molar refractivity (Wildman–Crippen MR) is 118 cm³/mol. The molecular weight excluding hydrogens is 430 g/mol. The minimum absolute atomic E-state index is 0.0424. The number of rotatable bonds is 6. The third kappa shape index (κ3) is 4.03. The summed E-state index contributed by atoms with van der Waals surface area (Å²) in [5.74, 6) is -2.43. The lowest BCUT2D eigenvalue weighted by molar-refractivity contribution is 0.0909. The van der Waals surface area contributed by atoms with Crippen molar-refractivity contribution in [2.75, 3.05) is 18.5 Å². The first-order chi connectivity index (χ1) is 15.6. The van der Waals surface area contributed by atoms with Gasteiger partial charge in [-0.2, -0.15) is 5.10 Å². The number of hydrogen-bond donors (Lipinski definition) is 2. The Kier molecular flexibility index (Phi) is 5.27. The van der Waals surface area contributed by atoms with Crippen molar-refractivity contribution in [3.05, 3.63) is 40.2 Å². The summed E-state index contributed by atoms with van der Waals surface area (Å²) in [5, 5.41) is 7.55. The Hall–Kier alpha value is -2.81. The normalized spacial score (nSPS) is 21.8. The molecule has 2 heterocycles. The number of nitrogens with two attached hydrogens (primary N) is 1. The minimum Gasteiger partial charge on any atom is -0.379 e. The molecule has 0 spiro atoms. The van der Waals surface area contributed by atoms with Gasteiger partial charge in [0.15, 0.2) is 17.4 Å². The number of amides is 1. The molecule has 1 atom stereocenters. The molecular formula is C24H28F2N4O3. The Bertz CT molecular complexity index is 1150. The van der Waals surface area contributed by atoms with Crippen molar-refractivity contribution in [3.63, 3.8) is 0 Å². The second-order valence-electron chi connectivity index (χ2n) is 10.3. The number of Topliss-reactive ketones (excluding diaryl/α,β-unsaturated/α-hetero) is 1. The molecule has 7 nitrogen and oxygen atoms in total. The Morgan fingerprint density at radius 1 is 1.30 bits per heavy atom. The number of benzene rings is 1. The number of aromatic nitrogens is 2. The monoisotopic (exact) mass is 458 g/mol. The molecule has 3 aliphatic rings. The van der Waals surface area contributed by atoms with E-state index in [9.17, 15) is 9.59 Å². The van der Waals surface area contributed by atoms with E-state index in [0.29, 0.717) is 61.8 Å². The van der Waals surface area contributed by atoms with Gasteiger partial charge >= 0.3 is 0 Å². The van der Waals surface area contributed by atoms with Crippen LogP contribution in [0.3, 0.4) is 0 Å². The molecule has 9 heteroatoms. The molecule has 33 heavy (non-hydrogen) atoms. The molecule has 1 aromatic heterocycles. The summed E-state index contributed by atoms with van der Waals surface area (Å²) in [6.45, 7) is 4.77. The van der Waals surface area contributed by atoms with E-state index in [1.54, 1.807) is 0 Å². The summed E-state index contributed by atoms with van der Waals surface area (Å²) in [6, 6.07) is 0.719. The Balaban J connectivity index is 1.69. The van der Waals surface area contributed by atoms with Gasteiger partial charge in [-0.15, -0.1) is 0 Å². The van der Waals surface area contributed by atoms with Gasteiger partial charge in [-0.05, 0) is 49.5 Å². The van der Waals surface area contributed by atoms with Crippen LogP contribution < -0.4 is 11.1 Å². The number of nitrogens with one attached hydrogen (secondary N) is 1. The lowest BCUT2D eigenvalue weighted by Gasteiger charge is -2.29. The smallest absolute Gasteiger partial charge is 0.251 e. The van der Waals surface area contributed by atoms with Crippen LogP contribution in [0.5, 0.6) is 0 Å². The van der Waals surface area contributed by atoms with Crippen molar-refractivity contribution in [1.29, 1.82) is 0 Å². The van der Waals surface area contributed by atoms with E-state index in [1.807, 2.05) is 13.8 Å². The number of carbonyl (C=O) groups is 2. The Morgan fingerprint density at radius 2 is 2.06 bits per heavy atom. The third-order valence-corrected chi connectivity index (χ3v) is 6.75. The SMILES string of the molecule is CC1(C)CC(=O)c2c(CC3CC3)nn(-c3c(F)cc(C(N)=O)c(N[C@@H]4CCOC4)c3F)c2C1. The van der Waals surface area contributed by atoms with Crippen LogP contribution in [-0.4, -0.2) is 40.7 Å². The van der Waals surface area contributed by atoms with E-state index in [2.05, 4.69) is 10.4 Å². The summed E-state index contributed by atoms with van der Waals surface area (Å²) in [7, 11) is 0. The van der Waals surface area contributed by atoms with Gasteiger partial charge in [0.2, 0.25) is 0 Å². The molecule has 2 aromatic rings. The van der Waals surface area contributed by atoms with E-state index in [-0.39, 0.29) is 28.5 Å². The molecule has 1 aromatic carbocycles. The van der Waals surface area contributed by atoms with Crippen LogP contribution in [-0.2, 0) is 17.6 Å². The third-order valence-electron chi connectivity index (χ3n) is 6.75. The maximum Gasteiger partial charge on any atom is 0.251 e. The summed E-state index contributed by atoms with van der Waals surface area (Å²) in [4.78, 5) is 25.0. The Labute approximate surface area is 190 Å². The van der Waals surface area contributed by atoms with Crippen molar-refractivity contribution in [2.24, 2.45) is 17.1 Å². The number of hydrogen-bond acceptors (Lipinski definition) is 5. The number of halogens is 2. The molecule has 3 N–H and O–H groups in total. The van der Waals surface area contributed by atoms with Gasteiger partial charge in [0.25, 0.3) is 5.91 Å². The van der Waals surface area contributed by atoms with E-state index in [0.717, 1.165) is 18.9 Å². The average molecular weight is 459 g/mol. The fraction of sp³-hybridized carbons (Fsp3) is 0.542. The fourth-order valence-electron chi connectivity index (χ4n) is 4.94. The van der Waals surface area contributed by atoms with Gasteiger partial charge in [0.05, 0.1) is 40.9 Å². The lowest BCUT2D eigenvalue weighted by atomic mass is 9.75. The van der Waals surface area contributed by atoms with Crippen molar-refractivity contribution in [1.82, 2.24) is 9.78 Å². The summed E-state index contributed by atoms with van der Waals surface area (Å²) in [6.07, 6.45) is 4.19. The van der Waals surface area contributed by atoms with Crippen LogP contribution in [0.15, 0.2) is 6.07 Å². The summed E-state index contributed by atoms with van der Waals surface area (Å²) < 4.78 is 37.9. The first-order valence-corrected chi connectivity index (χ1v) is 11.4. The Morgan fingerprint density at radius 3 is 2.70 bits per heavy atom. The number of carbonyl (C=O) groups excluding carboxylic acids is 2. The van der Waals surface area contributed by atoms with Crippen LogP contribution >= 0.6 is 0 Å². The zero-order valence-corrected chi connectivity index (χ0v) is 18.8. The molecule has 1 amide bonds. The molecule has 1 aliphatic heterocycles.